The number of para-hydroxylation sites is 1. The lowest BCUT2D eigenvalue weighted by molar-refractivity contribution is 0.458. The molecular formula is C22H15FN4O2. The van der Waals surface area contributed by atoms with Crippen LogP contribution in [0.2, 0.25) is 0 Å². The summed E-state index contributed by atoms with van der Waals surface area (Å²) in [4.78, 5) is 12.9. The van der Waals surface area contributed by atoms with Gasteiger partial charge in [-0.15, -0.1) is 0 Å². The maximum Gasteiger partial charge on any atom is 0.219 e. The molecule has 0 aliphatic carbocycles. The van der Waals surface area contributed by atoms with Crippen LogP contribution in [0, 0.1) is 5.82 Å². The van der Waals surface area contributed by atoms with Crippen LogP contribution in [0.15, 0.2) is 77.6 Å². The number of halogens is 1. The van der Waals surface area contributed by atoms with E-state index in [-0.39, 0.29) is 5.82 Å². The molecule has 0 aliphatic heterocycles. The highest BCUT2D eigenvalue weighted by Crippen LogP contribution is 2.30. The van der Waals surface area contributed by atoms with Gasteiger partial charge >= 0.3 is 0 Å². The van der Waals surface area contributed by atoms with E-state index < -0.39 is 0 Å². The summed E-state index contributed by atoms with van der Waals surface area (Å²) in [6, 6.07) is 17.3. The number of furan rings is 1. The average molecular weight is 386 g/mol. The van der Waals surface area contributed by atoms with Gasteiger partial charge in [-0.05, 0) is 29.8 Å². The van der Waals surface area contributed by atoms with Crippen LogP contribution in [-0.4, -0.2) is 15.0 Å². The summed E-state index contributed by atoms with van der Waals surface area (Å²) < 4.78 is 24.7. The van der Waals surface area contributed by atoms with Crippen LogP contribution in [0.4, 0.5) is 10.2 Å². The molecule has 5 aromatic rings. The summed E-state index contributed by atoms with van der Waals surface area (Å²) in [6.07, 6.45) is 3.21. The second kappa shape index (κ2) is 7.20. The number of rotatable bonds is 5. The van der Waals surface area contributed by atoms with Crippen LogP contribution in [-0.2, 0) is 6.54 Å². The monoisotopic (exact) mass is 386 g/mol. The van der Waals surface area contributed by atoms with E-state index in [0.717, 1.165) is 22.0 Å². The zero-order valence-corrected chi connectivity index (χ0v) is 15.2. The van der Waals surface area contributed by atoms with Gasteiger partial charge in [0.25, 0.3) is 0 Å². The molecule has 0 unspecified atom stereocenters. The Morgan fingerprint density at radius 3 is 2.76 bits per heavy atom. The third-order valence-corrected chi connectivity index (χ3v) is 4.43. The maximum absolute atomic E-state index is 13.2. The molecule has 0 bridgehead atoms. The Morgan fingerprint density at radius 2 is 1.90 bits per heavy atom. The fourth-order valence-electron chi connectivity index (χ4n) is 3.06. The minimum absolute atomic E-state index is 0.356. The van der Waals surface area contributed by atoms with Gasteiger partial charge in [-0.1, -0.05) is 24.3 Å². The van der Waals surface area contributed by atoms with Crippen molar-refractivity contribution in [3.63, 3.8) is 0 Å². The third kappa shape index (κ3) is 3.45. The topological polar surface area (TPSA) is 73.1 Å². The molecule has 3 heterocycles. The molecule has 3 aromatic heterocycles. The Bertz CT molecular complexity index is 1300. The largest absolute Gasteiger partial charge is 0.450 e. The van der Waals surface area contributed by atoms with Crippen molar-refractivity contribution in [2.24, 2.45) is 0 Å². The highest BCUT2D eigenvalue weighted by Gasteiger charge is 2.12. The third-order valence-electron chi connectivity index (χ3n) is 4.43. The van der Waals surface area contributed by atoms with Gasteiger partial charge in [-0.3, -0.25) is 0 Å². The van der Waals surface area contributed by atoms with E-state index in [1.165, 1.54) is 18.5 Å². The quantitative estimate of drug-likeness (QED) is 0.441. The Morgan fingerprint density at radius 1 is 0.966 bits per heavy atom. The molecule has 6 nitrogen and oxygen atoms in total. The number of hydrogen-bond acceptors (Lipinski definition) is 6. The van der Waals surface area contributed by atoms with E-state index in [1.807, 2.05) is 30.3 Å². The minimum Gasteiger partial charge on any atom is -0.450 e. The average Bonchev–Trinajstić information content (AvgIpc) is 3.13. The number of nitrogens with zero attached hydrogens (tertiary/aromatic N) is 3. The Kier molecular flexibility index (Phi) is 4.25. The van der Waals surface area contributed by atoms with Crippen molar-refractivity contribution in [2.45, 2.75) is 6.54 Å². The van der Waals surface area contributed by atoms with E-state index in [4.69, 9.17) is 9.15 Å². The lowest BCUT2D eigenvalue weighted by atomic mass is 10.2. The summed E-state index contributed by atoms with van der Waals surface area (Å²) in [5.41, 5.74) is 3.09. The maximum atomic E-state index is 13.2. The Hall–Kier alpha value is -4.00. The second-order valence-corrected chi connectivity index (χ2v) is 6.42. The van der Waals surface area contributed by atoms with Crippen molar-refractivity contribution in [1.82, 2.24) is 15.0 Å². The first-order valence-electron chi connectivity index (χ1n) is 9.01. The van der Waals surface area contributed by atoms with Crippen molar-refractivity contribution in [3.8, 4) is 11.6 Å². The molecule has 0 aliphatic rings. The zero-order chi connectivity index (χ0) is 19.6. The SMILES string of the molecule is Fc1cccc(Oc2ccc(CNc3ncnc4c3oc3ccccc34)cn2)c1. The van der Waals surface area contributed by atoms with Crippen molar-refractivity contribution < 1.29 is 13.5 Å². The summed E-state index contributed by atoms with van der Waals surface area (Å²) in [5.74, 6) is 1.05. The zero-order valence-electron chi connectivity index (χ0n) is 15.2. The molecule has 5 rings (SSSR count). The van der Waals surface area contributed by atoms with Crippen LogP contribution in [0.25, 0.3) is 22.1 Å². The van der Waals surface area contributed by atoms with Crippen molar-refractivity contribution >= 4 is 27.9 Å². The molecular weight excluding hydrogens is 371 g/mol. The van der Waals surface area contributed by atoms with Crippen LogP contribution < -0.4 is 10.1 Å². The number of fused-ring (bicyclic) bond motifs is 3. The molecule has 0 saturated heterocycles. The normalized spacial score (nSPS) is 11.1. The fraction of sp³-hybridized carbons (Fsp3) is 0.0455. The molecule has 2 aromatic carbocycles. The van der Waals surface area contributed by atoms with Gasteiger partial charge in [0.15, 0.2) is 11.4 Å². The number of hydrogen-bond donors (Lipinski definition) is 1. The molecule has 0 saturated carbocycles. The van der Waals surface area contributed by atoms with Gasteiger partial charge in [-0.25, -0.2) is 19.3 Å². The first-order valence-corrected chi connectivity index (χ1v) is 9.01. The summed E-state index contributed by atoms with van der Waals surface area (Å²) >= 11 is 0. The molecule has 7 heteroatoms. The van der Waals surface area contributed by atoms with Crippen LogP contribution in [0.1, 0.15) is 5.56 Å². The predicted molar refractivity (Wildman–Crippen MR) is 107 cm³/mol. The van der Waals surface area contributed by atoms with Crippen LogP contribution in [0.3, 0.4) is 0 Å². The van der Waals surface area contributed by atoms with Gasteiger partial charge in [-0.2, -0.15) is 0 Å². The van der Waals surface area contributed by atoms with Gasteiger partial charge in [0.05, 0.1) is 0 Å². The van der Waals surface area contributed by atoms with Crippen molar-refractivity contribution in [3.05, 3.63) is 84.6 Å². The van der Waals surface area contributed by atoms with Crippen molar-refractivity contribution in [2.75, 3.05) is 5.32 Å². The summed E-state index contributed by atoms with van der Waals surface area (Å²) in [7, 11) is 0. The number of ether oxygens (including phenoxy) is 1. The number of anilines is 1. The van der Waals surface area contributed by atoms with Crippen molar-refractivity contribution in [1.29, 1.82) is 0 Å². The molecule has 0 fully saturated rings. The molecule has 0 spiro atoms. The Balaban J connectivity index is 1.32. The second-order valence-electron chi connectivity index (χ2n) is 6.42. The number of aromatic nitrogens is 3. The molecule has 1 N–H and O–H groups in total. The van der Waals surface area contributed by atoms with Crippen LogP contribution in [0.5, 0.6) is 11.6 Å². The van der Waals surface area contributed by atoms with E-state index in [9.17, 15) is 4.39 Å². The highest BCUT2D eigenvalue weighted by atomic mass is 19.1. The summed E-state index contributed by atoms with van der Waals surface area (Å²) in [6.45, 7) is 0.496. The molecule has 0 radical (unpaired) electrons. The van der Waals surface area contributed by atoms with Gasteiger partial charge in [0.2, 0.25) is 5.88 Å². The van der Waals surface area contributed by atoms with Gasteiger partial charge < -0.3 is 14.5 Å². The number of pyridine rings is 1. The predicted octanol–water partition coefficient (Wildman–Crippen LogP) is 5.31. The van der Waals surface area contributed by atoms with E-state index in [0.29, 0.717) is 29.6 Å². The number of nitrogens with one attached hydrogen (secondary N) is 1. The molecule has 142 valence electrons. The fourth-order valence-corrected chi connectivity index (χ4v) is 3.06. The highest BCUT2D eigenvalue weighted by molar-refractivity contribution is 6.05. The van der Waals surface area contributed by atoms with E-state index >= 15 is 0 Å². The minimum atomic E-state index is -0.356. The van der Waals surface area contributed by atoms with Crippen LogP contribution >= 0.6 is 0 Å². The summed E-state index contributed by atoms with van der Waals surface area (Å²) in [5, 5.41) is 4.22. The lowest BCUT2D eigenvalue weighted by Crippen LogP contribution is -2.02. The molecule has 29 heavy (non-hydrogen) atoms. The first-order chi connectivity index (χ1) is 14.3. The first kappa shape index (κ1) is 17.1. The van der Waals surface area contributed by atoms with Gasteiger partial charge in [0.1, 0.15) is 29.0 Å². The Labute approximate surface area is 165 Å². The lowest BCUT2D eigenvalue weighted by Gasteiger charge is -2.07. The molecule has 0 amide bonds. The van der Waals surface area contributed by atoms with E-state index in [1.54, 1.807) is 24.4 Å². The smallest absolute Gasteiger partial charge is 0.219 e. The van der Waals surface area contributed by atoms with E-state index in [2.05, 4.69) is 20.3 Å². The molecule has 0 atom stereocenters. The van der Waals surface area contributed by atoms with Gasteiger partial charge in [0, 0.05) is 30.3 Å². The number of benzene rings is 2. The standard InChI is InChI=1S/C22H15FN4O2/c23-15-4-3-5-16(10-15)28-19-9-8-14(11-24-19)12-25-22-21-20(26-13-27-22)17-6-1-2-7-18(17)29-21/h1-11,13H,12H2,(H,25,26,27).